The van der Waals surface area contributed by atoms with Crippen molar-refractivity contribution in [1.82, 2.24) is 14.9 Å². The van der Waals surface area contributed by atoms with E-state index in [1.54, 1.807) is 18.5 Å². The normalized spacial score (nSPS) is 26.8. The summed E-state index contributed by atoms with van der Waals surface area (Å²) in [6.45, 7) is 3.47. The molecule has 2 atom stereocenters. The molecule has 2 aromatic heterocycles. The first-order valence-corrected chi connectivity index (χ1v) is 8.85. The number of hydrogen-bond acceptors (Lipinski definition) is 5. The molecule has 1 N–H and O–H groups in total. The minimum atomic E-state index is -0.315. The van der Waals surface area contributed by atoms with Crippen molar-refractivity contribution in [2.75, 3.05) is 25.0 Å². The highest BCUT2D eigenvalue weighted by molar-refractivity contribution is 5.37. The lowest BCUT2D eigenvalue weighted by Gasteiger charge is -2.39. The summed E-state index contributed by atoms with van der Waals surface area (Å²) in [4.78, 5) is 10.7. The average Bonchev–Trinajstić information content (AvgIpc) is 3.00. The standard InChI is InChI=1S/C19H23FN4O/c20-17-5-2-8-22-18(17)23-16-10-19(25-13-16)6-3-9-24(14-19)12-15-4-1-7-21-11-15/h1-2,4-5,7-8,11,16H,3,6,9-10,12-14H2,(H,22,23). The quantitative estimate of drug-likeness (QED) is 0.926. The van der Waals surface area contributed by atoms with Crippen LogP contribution in [0, 0.1) is 5.82 Å². The fourth-order valence-corrected chi connectivity index (χ4v) is 3.98. The van der Waals surface area contributed by atoms with Gasteiger partial charge < -0.3 is 10.1 Å². The van der Waals surface area contributed by atoms with Gasteiger partial charge in [0.2, 0.25) is 0 Å². The van der Waals surface area contributed by atoms with E-state index in [0.717, 1.165) is 38.9 Å². The van der Waals surface area contributed by atoms with Crippen LogP contribution in [0.1, 0.15) is 24.8 Å². The predicted octanol–water partition coefficient (Wildman–Crippen LogP) is 2.85. The summed E-state index contributed by atoms with van der Waals surface area (Å²) < 4.78 is 20.0. The van der Waals surface area contributed by atoms with E-state index in [1.807, 2.05) is 12.3 Å². The lowest BCUT2D eigenvalue weighted by molar-refractivity contribution is -0.0533. The number of likely N-dealkylation sites (tertiary alicyclic amines) is 1. The molecular weight excluding hydrogens is 319 g/mol. The molecule has 0 aromatic carbocycles. The third-order valence-electron chi connectivity index (χ3n) is 5.06. The molecule has 0 bridgehead atoms. The zero-order valence-corrected chi connectivity index (χ0v) is 14.2. The molecule has 0 radical (unpaired) electrons. The van der Waals surface area contributed by atoms with E-state index in [9.17, 15) is 4.39 Å². The van der Waals surface area contributed by atoms with Crippen LogP contribution in [-0.2, 0) is 11.3 Å². The number of ether oxygens (including phenoxy) is 1. The summed E-state index contributed by atoms with van der Waals surface area (Å²) in [5, 5.41) is 3.21. The fourth-order valence-electron chi connectivity index (χ4n) is 3.98. The van der Waals surface area contributed by atoms with Gasteiger partial charge in [-0.05, 0) is 43.1 Å². The van der Waals surface area contributed by atoms with Crippen molar-refractivity contribution in [3.8, 4) is 0 Å². The van der Waals surface area contributed by atoms with Crippen LogP contribution >= 0.6 is 0 Å². The van der Waals surface area contributed by atoms with Crippen molar-refractivity contribution in [3.63, 3.8) is 0 Å². The Labute approximate surface area is 147 Å². The van der Waals surface area contributed by atoms with Crippen LogP contribution < -0.4 is 5.32 Å². The smallest absolute Gasteiger partial charge is 0.165 e. The maximum absolute atomic E-state index is 13.8. The van der Waals surface area contributed by atoms with Crippen LogP contribution in [0.15, 0.2) is 42.9 Å². The Kier molecular flexibility index (Phi) is 4.63. The Hall–Kier alpha value is -2.05. The molecule has 4 rings (SSSR count). The van der Waals surface area contributed by atoms with Crippen LogP contribution in [0.4, 0.5) is 10.2 Å². The maximum atomic E-state index is 13.8. The van der Waals surface area contributed by atoms with Gasteiger partial charge in [-0.25, -0.2) is 9.37 Å². The molecule has 0 saturated carbocycles. The van der Waals surface area contributed by atoms with Gasteiger partial charge in [0.05, 0.1) is 18.2 Å². The minimum absolute atomic E-state index is 0.0998. The van der Waals surface area contributed by atoms with E-state index >= 15 is 0 Å². The van der Waals surface area contributed by atoms with Crippen LogP contribution in [0.5, 0.6) is 0 Å². The molecule has 2 aliphatic rings. The number of halogens is 1. The predicted molar refractivity (Wildman–Crippen MR) is 93.7 cm³/mol. The topological polar surface area (TPSA) is 50.3 Å². The summed E-state index contributed by atoms with van der Waals surface area (Å²) in [5.41, 5.74) is 1.09. The summed E-state index contributed by atoms with van der Waals surface area (Å²) in [7, 11) is 0. The summed E-state index contributed by atoms with van der Waals surface area (Å²) in [6.07, 6.45) is 8.38. The molecule has 0 amide bonds. The van der Waals surface area contributed by atoms with E-state index in [1.165, 1.54) is 11.6 Å². The zero-order chi connectivity index (χ0) is 17.1. The van der Waals surface area contributed by atoms with Gasteiger partial charge in [0.1, 0.15) is 0 Å². The third kappa shape index (κ3) is 3.80. The average molecular weight is 342 g/mol. The van der Waals surface area contributed by atoms with Crippen molar-refractivity contribution in [3.05, 3.63) is 54.2 Å². The van der Waals surface area contributed by atoms with Crippen molar-refractivity contribution < 1.29 is 9.13 Å². The van der Waals surface area contributed by atoms with Crippen LogP contribution in [0.2, 0.25) is 0 Å². The molecule has 2 unspecified atom stereocenters. The van der Waals surface area contributed by atoms with Crippen LogP contribution in [0.3, 0.4) is 0 Å². The Morgan fingerprint density at radius 1 is 1.32 bits per heavy atom. The van der Waals surface area contributed by atoms with E-state index in [4.69, 9.17) is 4.74 Å². The highest BCUT2D eigenvalue weighted by Gasteiger charge is 2.43. The van der Waals surface area contributed by atoms with E-state index < -0.39 is 0 Å². The minimum Gasteiger partial charge on any atom is -0.371 e. The van der Waals surface area contributed by atoms with E-state index in [2.05, 4.69) is 26.3 Å². The van der Waals surface area contributed by atoms with E-state index in [-0.39, 0.29) is 17.5 Å². The largest absolute Gasteiger partial charge is 0.371 e. The van der Waals surface area contributed by atoms with Gasteiger partial charge in [0.25, 0.3) is 0 Å². The Morgan fingerprint density at radius 3 is 3.08 bits per heavy atom. The van der Waals surface area contributed by atoms with Gasteiger partial charge in [-0.2, -0.15) is 0 Å². The molecule has 2 aliphatic heterocycles. The summed E-state index contributed by atoms with van der Waals surface area (Å²) >= 11 is 0. The van der Waals surface area contributed by atoms with Gasteiger partial charge in [-0.3, -0.25) is 9.88 Å². The number of piperidine rings is 1. The van der Waals surface area contributed by atoms with Gasteiger partial charge >= 0.3 is 0 Å². The molecule has 2 fully saturated rings. The highest BCUT2D eigenvalue weighted by Crippen LogP contribution is 2.36. The van der Waals surface area contributed by atoms with E-state index in [0.29, 0.717) is 12.4 Å². The summed E-state index contributed by atoms with van der Waals surface area (Å²) in [6, 6.07) is 7.21. The second-order valence-electron chi connectivity index (χ2n) is 7.05. The first-order valence-electron chi connectivity index (χ1n) is 8.85. The number of rotatable bonds is 4. The number of hydrogen-bond donors (Lipinski definition) is 1. The molecule has 4 heterocycles. The van der Waals surface area contributed by atoms with Gasteiger partial charge in [-0.1, -0.05) is 6.07 Å². The SMILES string of the molecule is Fc1cccnc1NC1COC2(CCCN(Cc3cccnc3)C2)C1. The van der Waals surface area contributed by atoms with Gasteiger partial charge in [0, 0.05) is 38.1 Å². The molecular formula is C19H23FN4O. The van der Waals surface area contributed by atoms with Crippen molar-refractivity contribution >= 4 is 5.82 Å². The maximum Gasteiger partial charge on any atom is 0.165 e. The molecule has 1 spiro atoms. The number of pyridine rings is 2. The molecule has 2 saturated heterocycles. The molecule has 132 valence electrons. The molecule has 25 heavy (non-hydrogen) atoms. The number of anilines is 1. The lowest BCUT2D eigenvalue weighted by atomic mass is 9.88. The van der Waals surface area contributed by atoms with Gasteiger partial charge in [-0.15, -0.1) is 0 Å². The fraction of sp³-hybridized carbons (Fsp3) is 0.474. The molecule has 2 aromatic rings. The Morgan fingerprint density at radius 2 is 2.24 bits per heavy atom. The van der Waals surface area contributed by atoms with Gasteiger partial charge in [0.15, 0.2) is 11.6 Å². The van der Waals surface area contributed by atoms with Crippen molar-refractivity contribution in [2.24, 2.45) is 0 Å². The Bertz CT molecular complexity index is 714. The van der Waals surface area contributed by atoms with Crippen molar-refractivity contribution in [1.29, 1.82) is 0 Å². The highest BCUT2D eigenvalue weighted by atomic mass is 19.1. The number of aromatic nitrogens is 2. The monoisotopic (exact) mass is 342 g/mol. The number of nitrogens with zero attached hydrogens (tertiary/aromatic N) is 3. The molecule has 5 nitrogen and oxygen atoms in total. The number of nitrogens with one attached hydrogen (secondary N) is 1. The first-order chi connectivity index (χ1) is 12.2. The first kappa shape index (κ1) is 16.4. The Balaban J connectivity index is 1.38. The second kappa shape index (κ2) is 7.06. The molecule has 6 heteroatoms. The summed E-state index contributed by atoms with van der Waals surface area (Å²) in [5.74, 6) is 0.00136. The zero-order valence-electron chi connectivity index (χ0n) is 14.2. The second-order valence-corrected chi connectivity index (χ2v) is 7.05. The van der Waals surface area contributed by atoms with Crippen LogP contribution in [0.25, 0.3) is 0 Å². The van der Waals surface area contributed by atoms with Crippen molar-refractivity contribution in [2.45, 2.75) is 37.5 Å². The third-order valence-corrected chi connectivity index (χ3v) is 5.06. The lowest BCUT2D eigenvalue weighted by Crippen LogP contribution is -2.47. The molecule has 0 aliphatic carbocycles. The van der Waals surface area contributed by atoms with Crippen LogP contribution in [-0.4, -0.2) is 46.2 Å².